The van der Waals surface area contributed by atoms with Crippen molar-refractivity contribution in [3.63, 3.8) is 0 Å². The molecular weight excluding hydrogens is 222 g/mol. The van der Waals surface area contributed by atoms with E-state index >= 15 is 0 Å². The molecular formula is C12H15NO4. The van der Waals surface area contributed by atoms with E-state index in [9.17, 15) is 9.59 Å². The molecule has 17 heavy (non-hydrogen) atoms. The van der Waals surface area contributed by atoms with Crippen LogP contribution >= 0.6 is 0 Å². The summed E-state index contributed by atoms with van der Waals surface area (Å²) in [4.78, 5) is 22.2. The third kappa shape index (κ3) is 3.21. The third-order valence-corrected chi connectivity index (χ3v) is 2.21. The Morgan fingerprint density at radius 2 is 2.18 bits per heavy atom. The molecule has 1 N–H and O–H groups in total. The highest BCUT2D eigenvalue weighted by atomic mass is 16.5. The molecule has 5 nitrogen and oxygen atoms in total. The topological polar surface area (TPSA) is 64.6 Å². The maximum Gasteiger partial charge on any atom is 0.411 e. The summed E-state index contributed by atoms with van der Waals surface area (Å²) in [5.41, 5.74) is 1.58. The number of hydrogen-bond donors (Lipinski definition) is 1. The van der Waals surface area contributed by atoms with Gasteiger partial charge < -0.3 is 9.47 Å². The Morgan fingerprint density at radius 3 is 2.71 bits per heavy atom. The average Bonchev–Trinajstić information content (AvgIpc) is 2.31. The first kappa shape index (κ1) is 13.0. The molecule has 5 heteroatoms. The van der Waals surface area contributed by atoms with Crippen molar-refractivity contribution >= 4 is 18.1 Å². The van der Waals surface area contributed by atoms with E-state index in [-0.39, 0.29) is 6.61 Å². The fourth-order valence-electron chi connectivity index (χ4n) is 1.41. The monoisotopic (exact) mass is 237 g/mol. The Balaban J connectivity index is 3.04. The van der Waals surface area contributed by atoms with Gasteiger partial charge in [-0.2, -0.15) is 0 Å². The van der Waals surface area contributed by atoms with Crippen molar-refractivity contribution in [2.45, 2.75) is 13.8 Å². The zero-order chi connectivity index (χ0) is 12.8. The van der Waals surface area contributed by atoms with E-state index in [1.807, 2.05) is 6.92 Å². The van der Waals surface area contributed by atoms with Gasteiger partial charge in [0.1, 0.15) is 5.75 Å². The largest absolute Gasteiger partial charge is 0.496 e. The van der Waals surface area contributed by atoms with Crippen molar-refractivity contribution in [1.29, 1.82) is 0 Å². The summed E-state index contributed by atoms with van der Waals surface area (Å²) in [6.07, 6.45) is 0.0788. The van der Waals surface area contributed by atoms with Crippen LogP contribution in [-0.2, 0) is 4.74 Å². The van der Waals surface area contributed by atoms with E-state index in [0.717, 1.165) is 5.56 Å². The number of ether oxygens (including phenoxy) is 2. The highest BCUT2D eigenvalue weighted by Gasteiger charge is 2.10. The van der Waals surface area contributed by atoms with E-state index in [0.29, 0.717) is 23.3 Å². The third-order valence-electron chi connectivity index (χ3n) is 2.21. The van der Waals surface area contributed by atoms with Gasteiger partial charge in [0.15, 0.2) is 6.29 Å². The van der Waals surface area contributed by atoms with Crippen molar-refractivity contribution in [3.05, 3.63) is 23.3 Å². The number of benzene rings is 1. The summed E-state index contributed by atoms with van der Waals surface area (Å²) in [5.74, 6) is 0.599. The smallest absolute Gasteiger partial charge is 0.411 e. The van der Waals surface area contributed by atoms with E-state index < -0.39 is 6.09 Å². The van der Waals surface area contributed by atoms with E-state index in [1.165, 1.54) is 7.11 Å². The molecule has 0 aliphatic heterocycles. The van der Waals surface area contributed by atoms with Crippen LogP contribution in [0.1, 0.15) is 22.8 Å². The molecule has 0 aliphatic rings. The van der Waals surface area contributed by atoms with Gasteiger partial charge in [0, 0.05) is 11.6 Å². The van der Waals surface area contributed by atoms with Crippen molar-refractivity contribution in [1.82, 2.24) is 0 Å². The highest BCUT2D eigenvalue weighted by molar-refractivity contribution is 5.93. The summed E-state index contributed by atoms with van der Waals surface area (Å²) in [6, 6.07) is 3.24. The second-order valence-corrected chi connectivity index (χ2v) is 3.37. The molecule has 1 aromatic carbocycles. The summed E-state index contributed by atoms with van der Waals surface area (Å²) < 4.78 is 9.86. The van der Waals surface area contributed by atoms with Gasteiger partial charge in [-0.3, -0.25) is 10.1 Å². The molecule has 0 aromatic heterocycles. The van der Waals surface area contributed by atoms with Gasteiger partial charge in [0.05, 0.1) is 19.4 Å². The number of methoxy groups -OCH3 is 1. The Kier molecular flexibility index (Phi) is 4.51. The number of aryl methyl sites for hydroxylation is 1. The van der Waals surface area contributed by atoms with Crippen LogP contribution in [-0.4, -0.2) is 26.1 Å². The lowest BCUT2D eigenvalue weighted by molar-refractivity contribution is 0.112. The Morgan fingerprint density at radius 1 is 1.47 bits per heavy atom. The Bertz CT molecular complexity index is 429. The summed E-state index contributed by atoms with van der Waals surface area (Å²) >= 11 is 0. The maximum absolute atomic E-state index is 11.3. The molecule has 1 amide bonds. The first-order chi connectivity index (χ1) is 8.12. The number of hydrogen-bond acceptors (Lipinski definition) is 4. The number of aldehydes is 1. The zero-order valence-electron chi connectivity index (χ0n) is 10.1. The standard InChI is InChI=1S/C12H15NO4/c1-4-17-12(15)13-10-6-11(16-3)8(2)5-9(10)7-14/h5-7H,4H2,1-3H3,(H,13,15). The highest BCUT2D eigenvalue weighted by Crippen LogP contribution is 2.25. The molecule has 0 bridgehead atoms. The molecule has 0 atom stereocenters. The fraction of sp³-hybridized carbons (Fsp3) is 0.333. The molecule has 0 fully saturated rings. The lowest BCUT2D eigenvalue weighted by Crippen LogP contribution is -2.14. The van der Waals surface area contributed by atoms with Gasteiger partial charge >= 0.3 is 6.09 Å². The van der Waals surface area contributed by atoms with E-state index in [4.69, 9.17) is 9.47 Å². The Labute approximate surface area is 99.7 Å². The van der Waals surface area contributed by atoms with Crippen LogP contribution in [0.25, 0.3) is 0 Å². The molecule has 0 saturated heterocycles. The molecule has 0 radical (unpaired) electrons. The van der Waals surface area contributed by atoms with Crippen LogP contribution in [0, 0.1) is 6.92 Å². The van der Waals surface area contributed by atoms with Gasteiger partial charge in [-0.1, -0.05) is 0 Å². The average molecular weight is 237 g/mol. The summed E-state index contributed by atoms with van der Waals surface area (Å²) in [6.45, 7) is 3.79. The minimum Gasteiger partial charge on any atom is -0.496 e. The normalized spacial score (nSPS) is 9.59. The predicted molar refractivity (Wildman–Crippen MR) is 63.8 cm³/mol. The van der Waals surface area contributed by atoms with Gasteiger partial charge in [0.25, 0.3) is 0 Å². The first-order valence-electron chi connectivity index (χ1n) is 5.20. The molecule has 0 heterocycles. The molecule has 0 saturated carbocycles. The van der Waals surface area contributed by atoms with Crippen LogP contribution in [0.4, 0.5) is 10.5 Å². The quantitative estimate of drug-likeness (QED) is 0.816. The molecule has 92 valence electrons. The molecule has 1 aromatic rings. The van der Waals surface area contributed by atoms with E-state index in [2.05, 4.69) is 5.32 Å². The maximum atomic E-state index is 11.3. The zero-order valence-corrected chi connectivity index (χ0v) is 10.1. The van der Waals surface area contributed by atoms with Crippen LogP contribution in [0.3, 0.4) is 0 Å². The van der Waals surface area contributed by atoms with Crippen molar-refractivity contribution in [3.8, 4) is 5.75 Å². The SMILES string of the molecule is CCOC(=O)Nc1cc(OC)c(C)cc1C=O. The van der Waals surface area contributed by atoms with E-state index in [1.54, 1.807) is 19.1 Å². The number of carbonyl (C=O) groups is 2. The number of anilines is 1. The number of amides is 1. The predicted octanol–water partition coefficient (Wildman–Crippen LogP) is 2.38. The Hall–Kier alpha value is -2.04. The second kappa shape index (κ2) is 5.89. The molecule has 1 rings (SSSR count). The first-order valence-corrected chi connectivity index (χ1v) is 5.20. The van der Waals surface area contributed by atoms with Crippen molar-refractivity contribution < 1.29 is 19.1 Å². The number of carbonyl (C=O) groups excluding carboxylic acids is 2. The lowest BCUT2D eigenvalue weighted by Gasteiger charge is -2.11. The minimum atomic E-state index is -0.596. The summed E-state index contributed by atoms with van der Waals surface area (Å²) in [7, 11) is 1.52. The number of rotatable bonds is 4. The van der Waals surface area contributed by atoms with Crippen LogP contribution in [0.2, 0.25) is 0 Å². The molecule has 0 spiro atoms. The van der Waals surface area contributed by atoms with Gasteiger partial charge in [-0.05, 0) is 25.5 Å². The minimum absolute atomic E-state index is 0.269. The van der Waals surface area contributed by atoms with Crippen molar-refractivity contribution in [2.24, 2.45) is 0 Å². The second-order valence-electron chi connectivity index (χ2n) is 3.37. The fourth-order valence-corrected chi connectivity index (χ4v) is 1.41. The van der Waals surface area contributed by atoms with Gasteiger partial charge in [-0.25, -0.2) is 4.79 Å². The number of nitrogens with one attached hydrogen (secondary N) is 1. The van der Waals surface area contributed by atoms with Crippen molar-refractivity contribution in [2.75, 3.05) is 19.0 Å². The van der Waals surface area contributed by atoms with Gasteiger partial charge in [0.2, 0.25) is 0 Å². The van der Waals surface area contributed by atoms with Crippen LogP contribution < -0.4 is 10.1 Å². The van der Waals surface area contributed by atoms with Gasteiger partial charge in [-0.15, -0.1) is 0 Å². The molecule has 0 aliphatic carbocycles. The molecule has 0 unspecified atom stereocenters. The lowest BCUT2D eigenvalue weighted by atomic mass is 10.1. The van der Waals surface area contributed by atoms with Crippen LogP contribution in [0.15, 0.2) is 12.1 Å². The van der Waals surface area contributed by atoms with Crippen LogP contribution in [0.5, 0.6) is 5.75 Å². The summed E-state index contributed by atoms with van der Waals surface area (Å²) in [5, 5.41) is 2.49.